The van der Waals surface area contributed by atoms with Crippen molar-refractivity contribution in [3.05, 3.63) is 62.3 Å². The molecule has 1 unspecified atom stereocenters. The maximum Gasteiger partial charge on any atom is 0.252 e. The minimum Gasteiger partial charge on any atom is -0.486 e. The van der Waals surface area contributed by atoms with Gasteiger partial charge in [-0.1, -0.05) is 6.07 Å². The predicted octanol–water partition coefficient (Wildman–Crippen LogP) is 2.73. The number of nitrogens with zero attached hydrogens (tertiary/aromatic N) is 5. The topological polar surface area (TPSA) is 107 Å². The first-order valence-electron chi connectivity index (χ1n) is 11.8. The Bertz CT molecular complexity index is 1360. The summed E-state index contributed by atoms with van der Waals surface area (Å²) >= 11 is 1.69. The SMILES string of the molecule is O=c1[nH]c2cc3c(cc2cc1CN(Cc1cccs1)Cc1nnnn1CC1CCCO1)OCCO3. The van der Waals surface area contributed by atoms with Crippen LogP contribution >= 0.6 is 11.3 Å². The van der Waals surface area contributed by atoms with Crippen molar-refractivity contribution >= 4 is 22.2 Å². The lowest BCUT2D eigenvalue weighted by molar-refractivity contribution is 0.0915. The van der Waals surface area contributed by atoms with Crippen molar-refractivity contribution in [1.82, 2.24) is 30.1 Å². The number of thiophene rings is 1. The van der Waals surface area contributed by atoms with Crippen molar-refractivity contribution < 1.29 is 14.2 Å². The molecule has 5 heterocycles. The molecule has 6 rings (SSSR count). The van der Waals surface area contributed by atoms with Crippen LogP contribution in [0.2, 0.25) is 0 Å². The Morgan fingerprint density at radius 2 is 2.00 bits per heavy atom. The van der Waals surface area contributed by atoms with E-state index in [1.165, 1.54) is 4.88 Å². The number of hydrogen-bond acceptors (Lipinski definition) is 9. The van der Waals surface area contributed by atoms with Crippen LogP contribution in [0.15, 0.2) is 40.5 Å². The molecule has 0 saturated carbocycles. The molecule has 35 heavy (non-hydrogen) atoms. The van der Waals surface area contributed by atoms with Gasteiger partial charge in [0.2, 0.25) is 0 Å². The van der Waals surface area contributed by atoms with Gasteiger partial charge in [0.15, 0.2) is 17.3 Å². The summed E-state index contributed by atoms with van der Waals surface area (Å²) in [6.45, 7) is 4.09. The first-order chi connectivity index (χ1) is 17.2. The molecule has 3 aromatic heterocycles. The first-order valence-corrected chi connectivity index (χ1v) is 12.7. The van der Waals surface area contributed by atoms with Crippen LogP contribution in [0.5, 0.6) is 11.5 Å². The van der Waals surface area contributed by atoms with Gasteiger partial charge in [0.25, 0.3) is 5.56 Å². The largest absolute Gasteiger partial charge is 0.486 e. The predicted molar refractivity (Wildman–Crippen MR) is 130 cm³/mol. The molecule has 0 spiro atoms. The van der Waals surface area contributed by atoms with Gasteiger partial charge < -0.3 is 19.2 Å². The number of benzene rings is 1. The van der Waals surface area contributed by atoms with Crippen LogP contribution in [0.4, 0.5) is 0 Å². The van der Waals surface area contributed by atoms with E-state index in [9.17, 15) is 4.79 Å². The van der Waals surface area contributed by atoms with Gasteiger partial charge in [-0.3, -0.25) is 9.69 Å². The molecule has 1 fully saturated rings. The maximum atomic E-state index is 13.0. The zero-order valence-corrected chi connectivity index (χ0v) is 20.0. The van der Waals surface area contributed by atoms with Gasteiger partial charge in [-0.25, -0.2) is 4.68 Å². The summed E-state index contributed by atoms with van der Waals surface area (Å²) in [5, 5.41) is 15.3. The third kappa shape index (κ3) is 4.93. The average molecular weight is 495 g/mol. The lowest BCUT2D eigenvalue weighted by atomic mass is 10.1. The van der Waals surface area contributed by atoms with Crippen molar-refractivity contribution in [3.63, 3.8) is 0 Å². The van der Waals surface area contributed by atoms with E-state index in [-0.39, 0.29) is 11.7 Å². The summed E-state index contributed by atoms with van der Waals surface area (Å²) in [4.78, 5) is 19.4. The second-order valence-electron chi connectivity index (χ2n) is 8.84. The van der Waals surface area contributed by atoms with Gasteiger partial charge >= 0.3 is 0 Å². The fourth-order valence-electron chi connectivity index (χ4n) is 4.60. The van der Waals surface area contributed by atoms with E-state index in [0.29, 0.717) is 56.5 Å². The summed E-state index contributed by atoms with van der Waals surface area (Å²) in [6, 6.07) is 9.82. The molecule has 4 aromatic rings. The summed E-state index contributed by atoms with van der Waals surface area (Å²) in [6.07, 6.45) is 2.23. The Morgan fingerprint density at radius 3 is 2.80 bits per heavy atom. The van der Waals surface area contributed by atoms with E-state index in [1.807, 2.05) is 28.9 Å². The van der Waals surface area contributed by atoms with Crippen LogP contribution < -0.4 is 15.0 Å². The third-order valence-corrected chi connectivity index (χ3v) is 7.17. The molecule has 1 saturated heterocycles. The standard InChI is InChI=1S/C24H26N6O4S/c31-24-17(9-16-10-21-22(11-20(16)25-24)34-7-6-33-21)12-29(14-19-4-2-8-35-19)15-23-26-27-28-30(23)13-18-3-1-5-32-18/h2,4,8-11,18H,1,3,5-7,12-15H2,(H,25,31). The summed E-state index contributed by atoms with van der Waals surface area (Å²) in [5.74, 6) is 2.11. The van der Waals surface area contributed by atoms with Crippen LogP contribution in [0, 0.1) is 0 Å². The van der Waals surface area contributed by atoms with Crippen molar-refractivity contribution in [2.75, 3.05) is 19.8 Å². The molecule has 1 atom stereocenters. The molecule has 2 aliphatic heterocycles. The molecule has 1 N–H and O–H groups in total. The lowest BCUT2D eigenvalue weighted by Crippen LogP contribution is -2.28. The van der Waals surface area contributed by atoms with E-state index in [2.05, 4.69) is 36.9 Å². The summed E-state index contributed by atoms with van der Waals surface area (Å²) in [5.41, 5.74) is 1.28. The third-order valence-electron chi connectivity index (χ3n) is 6.31. The first kappa shape index (κ1) is 22.2. The monoisotopic (exact) mass is 494 g/mol. The van der Waals surface area contributed by atoms with Gasteiger partial charge in [0.1, 0.15) is 13.2 Å². The number of aromatic nitrogens is 5. The van der Waals surface area contributed by atoms with E-state index in [0.717, 1.165) is 36.2 Å². The number of rotatable bonds is 8. The fourth-order valence-corrected chi connectivity index (χ4v) is 5.34. The highest BCUT2D eigenvalue weighted by atomic mass is 32.1. The number of ether oxygens (including phenoxy) is 3. The summed E-state index contributed by atoms with van der Waals surface area (Å²) < 4.78 is 19.0. The number of nitrogens with one attached hydrogen (secondary N) is 1. The Balaban J connectivity index is 1.28. The molecule has 1 aromatic carbocycles. The molecule has 0 aliphatic carbocycles. The van der Waals surface area contributed by atoms with E-state index in [4.69, 9.17) is 14.2 Å². The van der Waals surface area contributed by atoms with Gasteiger partial charge in [0, 0.05) is 41.6 Å². The number of aromatic amines is 1. The van der Waals surface area contributed by atoms with Crippen LogP contribution in [0.25, 0.3) is 10.9 Å². The van der Waals surface area contributed by atoms with Crippen LogP contribution in [0.1, 0.15) is 29.1 Å². The Kier molecular flexibility index (Phi) is 6.19. The van der Waals surface area contributed by atoms with Crippen molar-refractivity contribution in [3.8, 4) is 11.5 Å². The Hall–Kier alpha value is -3.28. The molecule has 10 nitrogen and oxygen atoms in total. The quantitative estimate of drug-likeness (QED) is 0.399. The van der Waals surface area contributed by atoms with Crippen molar-refractivity contribution in [2.45, 2.75) is 45.1 Å². The fraction of sp³-hybridized carbons (Fsp3) is 0.417. The molecular weight excluding hydrogens is 468 g/mol. The second kappa shape index (κ2) is 9.76. The molecule has 0 radical (unpaired) electrons. The minimum atomic E-state index is -0.121. The van der Waals surface area contributed by atoms with Gasteiger partial charge in [-0.05, 0) is 46.8 Å². The molecule has 0 bridgehead atoms. The minimum absolute atomic E-state index is 0.121. The Labute approximate surface area is 205 Å². The zero-order chi connectivity index (χ0) is 23.6. The number of tetrazole rings is 1. The summed E-state index contributed by atoms with van der Waals surface area (Å²) in [7, 11) is 0. The molecular formula is C24H26N6O4S. The van der Waals surface area contributed by atoms with Crippen molar-refractivity contribution in [1.29, 1.82) is 0 Å². The second-order valence-corrected chi connectivity index (χ2v) is 9.88. The maximum absolute atomic E-state index is 13.0. The van der Waals surface area contributed by atoms with Gasteiger partial charge in [-0.15, -0.1) is 16.4 Å². The number of pyridine rings is 1. The molecule has 0 amide bonds. The van der Waals surface area contributed by atoms with E-state index in [1.54, 1.807) is 11.3 Å². The lowest BCUT2D eigenvalue weighted by Gasteiger charge is -2.22. The average Bonchev–Trinajstić information content (AvgIpc) is 3.63. The number of H-pyrrole nitrogens is 1. The van der Waals surface area contributed by atoms with E-state index < -0.39 is 0 Å². The van der Waals surface area contributed by atoms with E-state index >= 15 is 0 Å². The smallest absolute Gasteiger partial charge is 0.252 e. The van der Waals surface area contributed by atoms with Crippen LogP contribution in [-0.4, -0.2) is 56.0 Å². The molecule has 182 valence electrons. The highest BCUT2D eigenvalue weighted by Gasteiger charge is 2.21. The molecule has 11 heteroatoms. The highest BCUT2D eigenvalue weighted by molar-refractivity contribution is 7.09. The van der Waals surface area contributed by atoms with Crippen LogP contribution in [-0.2, 0) is 30.9 Å². The van der Waals surface area contributed by atoms with Crippen molar-refractivity contribution in [2.24, 2.45) is 0 Å². The van der Waals surface area contributed by atoms with Crippen LogP contribution in [0.3, 0.4) is 0 Å². The van der Waals surface area contributed by atoms with Gasteiger partial charge in [-0.2, -0.15) is 0 Å². The van der Waals surface area contributed by atoms with Gasteiger partial charge in [0.05, 0.1) is 24.7 Å². The normalized spacial score (nSPS) is 17.5. The zero-order valence-electron chi connectivity index (χ0n) is 19.2. The number of hydrogen-bond donors (Lipinski definition) is 1. The Morgan fingerprint density at radius 1 is 1.11 bits per heavy atom. The highest BCUT2D eigenvalue weighted by Crippen LogP contribution is 2.33. The molecule has 2 aliphatic rings. The number of fused-ring (bicyclic) bond motifs is 2.